The molecule has 1 aromatic heterocycles. The van der Waals surface area contributed by atoms with Crippen LogP contribution in [-0.2, 0) is 13.1 Å². The highest BCUT2D eigenvalue weighted by Crippen LogP contribution is 2.22. The monoisotopic (exact) mass is 453 g/mol. The van der Waals surface area contributed by atoms with Gasteiger partial charge in [-0.15, -0.1) is 0 Å². The molecule has 4 rings (SSSR count). The Bertz CT molecular complexity index is 1040. The lowest BCUT2D eigenvalue weighted by Crippen LogP contribution is -2.49. The first-order chi connectivity index (χ1) is 15.0. The maximum atomic E-state index is 6.32. The van der Waals surface area contributed by atoms with Gasteiger partial charge in [0.25, 0.3) is 0 Å². The van der Waals surface area contributed by atoms with Gasteiger partial charge in [-0.25, -0.2) is 0 Å². The van der Waals surface area contributed by atoms with Gasteiger partial charge in [0, 0.05) is 37.7 Å². The summed E-state index contributed by atoms with van der Waals surface area (Å²) in [5, 5.41) is 9.79. The van der Waals surface area contributed by atoms with Crippen LogP contribution in [0.25, 0.3) is 0 Å². The van der Waals surface area contributed by atoms with Crippen LogP contribution in [0.1, 0.15) is 22.5 Å². The number of thiocarbonyl (C=S) groups is 1. The standard InChI is InChI=1S/C24H28ClN5S/c1-18-23(19(2)30(27-18)16-20-8-4-3-5-9-20)26-24(31)29-14-12-28(13-15-29)17-21-10-6-7-11-22(21)25/h3-11H,12-17H2,1-2H3,(H,26,31). The highest BCUT2D eigenvalue weighted by molar-refractivity contribution is 7.80. The summed E-state index contributed by atoms with van der Waals surface area (Å²) in [5.41, 5.74) is 5.49. The summed E-state index contributed by atoms with van der Waals surface area (Å²) in [6, 6.07) is 18.5. The number of benzene rings is 2. The quantitative estimate of drug-likeness (QED) is 0.566. The number of aryl methyl sites for hydroxylation is 1. The minimum absolute atomic E-state index is 0.753. The van der Waals surface area contributed by atoms with Gasteiger partial charge in [-0.2, -0.15) is 5.10 Å². The Morgan fingerprint density at radius 1 is 0.968 bits per heavy atom. The first kappa shape index (κ1) is 21.8. The molecule has 1 fully saturated rings. The number of piperazine rings is 1. The first-order valence-electron chi connectivity index (χ1n) is 10.6. The number of aromatic nitrogens is 2. The van der Waals surface area contributed by atoms with E-state index in [1.54, 1.807) is 0 Å². The number of anilines is 1. The van der Waals surface area contributed by atoms with Gasteiger partial charge in [-0.3, -0.25) is 9.58 Å². The second-order valence-corrected chi connectivity index (χ2v) is 8.77. The lowest BCUT2D eigenvalue weighted by Gasteiger charge is -2.36. The van der Waals surface area contributed by atoms with Crippen molar-refractivity contribution in [3.8, 4) is 0 Å². The third-order valence-corrected chi connectivity index (χ3v) is 6.53. The average Bonchev–Trinajstić information content (AvgIpc) is 3.04. The highest BCUT2D eigenvalue weighted by atomic mass is 35.5. The molecule has 0 amide bonds. The smallest absolute Gasteiger partial charge is 0.173 e. The Balaban J connectivity index is 1.34. The number of hydrogen-bond donors (Lipinski definition) is 1. The van der Waals surface area contributed by atoms with Crippen LogP contribution in [-0.4, -0.2) is 50.9 Å². The molecule has 1 saturated heterocycles. The van der Waals surface area contributed by atoms with E-state index < -0.39 is 0 Å². The molecule has 2 aromatic carbocycles. The Morgan fingerprint density at radius 3 is 2.35 bits per heavy atom. The van der Waals surface area contributed by atoms with E-state index >= 15 is 0 Å². The zero-order chi connectivity index (χ0) is 21.8. The maximum absolute atomic E-state index is 6.32. The molecule has 0 atom stereocenters. The third-order valence-electron chi connectivity index (χ3n) is 5.80. The van der Waals surface area contributed by atoms with Gasteiger partial charge in [-0.05, 0) is 43.3 Å². The van der Waals surface area contributed by atoms with Gasteiger partial charge in [0.1, 0.15) is 0 Å². The van der Waals surface area contributed by atoms with Crippen molar-refractivity contribution in [2.75, 3.05) is 31.5 Å². The van der Waals surface area contributed by atoms with Crippen LogP contribution in [0.3, 0.4) is 0 Å². The molecule has 0 bridgehead atoms. The molecule has 0 radical (unpaired) electrons. The molecule has 0 unspecified atom stereocenters. The number of nitrogens with one attached hydrogen (secondary N) is 1. The topological polar surface area (TPSA) is 36.3 Å². The summed E-state index contributed by atoms with van der Waals surface area (Å²) in [4.78, 5) is 4.67. The van der Waals surface area contributed by atoms with E-state index in [-0.39, 0.29) is 0 Å². The van der Waals surface area contributed by atoms with Crippen molar-refractivity contribution >= 4 is 34.6 Å². The van der Waals surface area contributed by atoms with Crippen molar-refractivity contribution in [1.29, 1.82) is 0 Å². The summed E-state index contributed by atoms with van der Waals surface area (Å²) in [7, 11) is 0. The Morgan fingerprint density at radius 2 is 1.65 bits per heavy atom. The van der Waals surface area contributed by atoms with E-state index in [1.807, 2.05) is 35.9 Å². The van der Waals surface area contributed by atoms with Gasteiger partial charge in [0.05, 0.1) is 23.6 Å². The fraction of sp³-hybridized carbons (Fsp3) is 0.333. The van der Waals surface area contributed by atoms with Gasteiger partial charge in [0.2, 0.25) is 0 Å². The molecular weight excluding hydrogens is 426 g/mol. The Labute approximate surface area is 194 Å². The molecule has 1 aliphatic heterocycles. The van der Waals surface area contributed by atoms with Crippen LogP contribution in [0.2, 0.25) is 5.02 Å². The molecule has 3 aromatic rings. The summed E-state index contributed by atoms with van der Waals surface area (Å²) >= 11 is 12.1. The Hall–Kier alpha value is -2.41. The zero-order valence-electron chi connectivity index (χ0n) is 18.0. The van der Waals surface area contributed by atoms with Crippen LogP contribution in [0.5, 0.6) is 0 Å². The van der Waals surface area contributed by atoms with E-state index in [1.165, 1.54) is 11.1 Å². The van der Waals surface area contributed by atoms with Crippen molar-refractivity contribution in [2.24, 2.45) is 0 Å². The largest absolute Gasteiger partial charge is 0.346 e. The molecular formula is C24H28ClN5S. The fourth-order valence-electron chi connectivity index (χ4n) is 3.95. The maximum Gasteiger partial charge on any atom is 0.173 e. The molecule has 2 heterocycles. The van der Waals surface area contributed by atoms with Gasteiger partial charge in [0.15, 0.2) is 5.11 Å². The molecule has 0 spiro atoms. The first-order valence-corrected chi connectivity index (χ1v) is 11.4. The molecule has 1 N–H and O–H groups in total. The van der Waals surface area contributed by atoms with E-state index in [0.717, 1.165) is 66.5 Å². The van der Waals surface area contributed by atoms with Crippen molar-refractivity contribution in [2.45, 2.75) is 26.9 Å². The minimum atomic E-state index is 0.753. The van der Waals surface area contributed by atoms with Crippen molar-refractivity contribution < 1.29 is 0 Å². The zero-order valence-corrected chi connectivity index (χ0v) is 19.6. The van der Waals surface area contributed by atoms with Crippen LogP contribution < -0.4 is 5.32 Å². The van der Waals surface area contributed by atoms with Gasteiger partial charge in [-0.1, -0.05) is 60.1 Å². The van der Waals surface area contributed by atoms with Crippen LogP contribution in [0, 0.1) is 13.8 Å². The molecule has 162 valence electrons. The van der Waals surface area contributed by atoms with E-state index in [9.17, 15) is 0 Å². The molecule has 7 heteroatoms. The van der Waals surface area contributed by atoms with Crippen molar-refractivity contribution in [3.63, 3.8) is 0 Å². The lowest BCUT2D eigenvalue weighted by atomic mass is 10.2. The molecule has 5 nitrogen and oxygen atoms in total. The predicted octanol–water partition coefficient (Wildman–Crippen LogP) is 4.72. The summed E-state index contributed by atoms with van der Waals surface area (Å²) in [6.45, 7) is 9.45. The average molecular weight is 454 g/mol. The predicted molar refractivity (Wildman–Crippen MR) is 132 cm³/mol. The van der Waals surface area contributed by atoms with Crippen molar-refractivity contribution in [1.82, 2.24) is 19.6 Å². The van der Waals surface area contributed by atoms with Crippen molar-refractivity contribution in [3.05, 3.63) is 82.1 Å². The SMILES string of the molecule is Cc1nn(Cc2ccccc2)c(C)c1NC(=S)N1CCN(Cc2ccccc2Cl)CC1. The van der Waals surface area contributed by atoms with Crippen LogP contribution in [0.15, 0.2) is 54.6 Å². The van der Waals surface area contributed by atoms with Gasteiger partial charge < -0.3 is 10.2 Å². The number of rotatable bonds is 5. The van der Waals surface area contributed by atoms with E-state index in [4.69, 9.17) is 28.9 Å². The van der Waals surface area contributed by atoms with E-state index in [0.29, 0.717) is 0 Å². The third kappa shape index (κ3) is 5.26. The van der Waals surface area contributed by atoms with Gasteiger partial charge >= 0.3 is 0 Å². The second kappa shape index (κ2) is 9.81. The number of hydrogen-bond acceptors (Lipinski definition) is 3. The summed E-state index contributed by atoms with van der Waals surface area (Å²) in [5.74, 6) is 0. The second-order valence-electron chi connectivity index (χ2n) is 7.97. The molecule has 31 heavy (non-hydrogen) atoms. The Kier molecular flexibility index (Phi) is 6.90. The van der Waals surface area contributed by atoms with Crippen LogP contribution >= 0.6 is 23.8 Å². The summed E-state index contributed by atoms with van der Waals surface area (Å²) < 4.78 is 2.04. The minimum Gasteiger partial charge on any atom is -0.346 e. The molecule has 0 aliphatic carbocycles. The normalized spacial score (nSPS) is 14.6. The number of nitrogens with zero attached hydrogens (tertiary/aromatic N) is 4. The molecule has 0 saturated carbocycles. The number of halogens is 1. The highest BCUT2D eigenvalue weighted by Gasteiger charge is 2.21. The lowest BCUT2D eigenvalue weighted by molar-refractivity contribution is 0.177. The van der Waals surface area contributed by atoms with Crippen LogP contribution in [0.4, 0.5) is 5.69 Å². The molecule has 1 aliphatic rings. The fourth-order valence-corrected chi connectivity index (χ4v) is 4.43. The van der Waals surface area contributed by atoms with E-state index in [2.05, 4.69) is 52.4 Å². The summed E-state index contributed by atoms with van der Waals surface area (Å²) in [6.07, 6.45) is 0.